The van der Waals surface area contributed by atoms with E-state index in [-0.39, 0.29) is 5.82 Å². The van der Waals surface area contributed by atoms with Gasteiger partial charge in [0.15, 0.2) is 0 Å². The van der Waals surface area contributed by atoms with E-state index < -0.39 is 5.60 Å². The van der Waals surface area contributed by atoms with Gasteiger partial charge in [-0.2, -0.15) is 0 Å². The largest absolute Gasteiger partial charge is 0.384 e. The number of nitrogens with zero attached hydrogens (tertiary/aromatic N) is 3. The molecular formula is C23H26FN3O. The molecule has 2 aliphatic heterocycles. The summed E-state index contributed by atoms with van der Waals surface area (Å²) >= 11 is 0. The maximum atomic E-state index is 14.3. The molecule has 3 aromatic rings. The standard InChI is InChI=1S/C23H26FN3O/c1-15-11-17(24)12-18-21-19-6-4-9-26(19)10-7-20(21)27(22(15)18)14-23(2,28)16-5-3-8-25-13-16/h3,5,8,11-13,19,28H,4,6-7,9-10,14H2,1-2H3/t19-,23?/m0/s1. The molecule has 5 heteroatoms. The molecule has 1 aromatic carbocycles. The first-order valence-electron chi connectivity index (χ1n) is 10.1. The number of aryl methyl sites for hydroxylation is 1. The number of fused-ring (bicyclic) bond motifs is 5. The van der Waals surface area contributed by atoms with E-state index >= 15 is 0 Å². The van der Waals surface area contributed by atoms with Crippen molar-refractivity contribution in [2.75, 3.05) is 13.1 Å². The maximum absolute atomic E-state index is 14.3. The molecule has 146 valence electrons. The van der Waals surface area contributed by atoms with Crippen LogP contribution in [0.4, 0.5) is 4.39 Å². The Bertz CT molecular complexity index is 1040. The van der Waals surface area contributed by atoms with E-state index in [0.29, 0.717) is 12.6 Å². The molecule has 0 amide bonds. The minimum absolute atomic E-state index is 0.181. The van der Waals surface area contributed by atoms with Crippen LogP contribution in [0.3, 0.4) is 0 Å². The average molecular weight is 379 g/mol. The SMILES string of the molecule is Cc1cc(F)cc2c3c(n(CC(C)(O)c4cccnc4)c12)CCN1CCC[C@@H]31. The van der Waals surface area contributed by atoms with Crippen LogP contribution in [0.15, 0.2) is 36.7 Å². The third-order valence-corrected chi connectivity index (χ3v) is 6.54. The van der Waals surface area contributed by atoms with Gasteiger partial charge in [0.1, 0.15) is 11.4 Å². The van der Waals surface area contributed by atoms with Crippen LogP contribution in [0.25, 0.3) is 10.9 Å². The lowest BCUT2D eigenvalue weighted by atomic mass is 9.95. The van der Waals surface area contributed by atoms with E-state index in [1.54, 1.807) is 24.5 Å². The van der Waals surface area contributed by atoms with Crippen LogP contribution in [0, 0.1) is 12.7 Å². The smallest absolute Gasteiger partial charge is 0.124 e. The Labute approximate surface area is 164 Å². The van der Waals surface area contributed by atoms with Gasteiger partial charge in [0.25, 0.3) is 0 Å². The highest BCUT2D eigenvalue weighted by molar-refractivity contribution is 5.89. The normalized spacial score (nSPS) is 21.5. The topological polar surface area (TPSA) is 41.3 Å². The molecule has 0 aliphatic carbocycles. The van der Waals surface area contributed by atoms with Crippen LogP contribution >= 0.6 is 0 Å². The van der Waals surface area contributed by atoms with Gasteiger partial charge in [-0.15, -0.1) is 0 Å². The monoisotopic (exact) mass is 379 g/mol. The van der Waals surface area contributed by atoms with E-state index in [4.69, 9.17) is 0 Å². The van der Waals surface area contributed by atoms with Gasteiger partial charge in [0, 0.05) is 48.0 Å². The van der Waals surface area contributed by atoms with E-state index in [1.807, 2.05) is 26.0 Å². The molecular weight excluding hydrogens is 353 g/mol. The van der Waals surface area contributed by atoms with Crippen LogP contribution in [-0.2, 0) is 18.6 Å². The van der Waals surface area contributed by atoms with Crippen molar-refractivity contribution in [3.8, 4) is 0 Å². The zero-order chi connectivity index (χ0) is 19.5. The van der Waals surface area contributed by atoms with Crippen LogP contribution in [0.1, 0.15) is 48.2 Å². The van der Waals surface area contributed by atoms with E-state index in [1.165, 1.54) is 17.7 Å². The summed E-state index contributed by atoms with van der Waals surface area (Å²) in [6, 6.07) is 7.44. The predicted molar refractivity (Wildman–Crippen MR) is 108 cm³/mol. The van der Waals surface area contributed by atoms with Crippen molar-refractivity contribution < 1.29 is 9.50 Å². The highest BCUT2D eigenvalue weighted by Gasteiger charge is 2.37. The zero-order valence-electron chi connectivity index (χ0n) is 16.5. The molecule has 0 bridgehead atoms. The Kier molecular flexibility index (Phi) is 4.07. The van der Waals surface area contributed by atoms with Crippen molar-refractivity contribution in [2.24, 2.45) is 0 Å². The zero-order valence-corrected chi connectivity index (χ0v) is 16.5. The van der Waals surface area contributed by atoms with Gasteiger partial charge >= 0.3 is 0 Å². The molecule has 4 heterocycles. The summed E-state index contributed by atoms with van der Waals surface area (Å²) in [4.78, 5) is 6.71. The van der Waals surface area contributed by atoms with Crippen LogP contribution in [-0.4, -0.2) is 32.6 Å². The highest BCUT2D eigenvalue weighted by Crippen LogP contribution is 2.44. The number of hydrogen-bond donors (Lipinski definition) is 1. The third-order valence-electron chi connectivity index (χ3n) is 6.54. The van der Waals surface area contributed by atoms with Gasteiger partial charge in [-0.25, -0.2) is 4.39 Å². The molecule has 2 aliphatic rings. The Morgan fingerprint density at radius 3 is 2.96 bits per heavy atom. The van der Waals surface area contributed by atoms with Gasteiger partial charge in [0.2, 0.25) is 0 Å². The summed E-state index contributed by atoms with van der Waals surface area (Å²) in [6.07, 6.45) is 6.70. The molecule has 2 atom stereocenters. The minimum atomic E-state index is -1.05. The summed E-state index contributed by atoms with van der Waals surface area (Å²) < 4.78 is 16.6. The van der Waals surface area contributed by atoms with Crippen LogP contribution in [0.5, 0.6) is 0 Å². The van der Waals surface area contributed by atoms with Crippen molar-refractivity contribution in [3.63, 3.8) is 0 Å². The fraction of sp³-hybridized carbons (Fsp3) is 0.435. The summed E-state index contributed by atoms with van der Waals surface area (Å²) in [5, 5.41) is 12.3. The highest BCUT2D eigenvalue weighted by atomic mass is 19.1. The van der Waals surface area contributed by atoms with Crippen LogP contribution < -0.4 is 0 Å². The second kappa shape index (κ2) is 6.39. The number of aliphatic hydroxyl groups is 1. The number of halogens is 1. The van der Waals surface area contributed by atoms with E-state index in [0.717, 1.165) is 48.0 Å². The van der Waals surface area contributed by atoms with Crippen molar-refractivity contribution >= 4 is 10.9 Å². The van der Waals surface area contributed by atoms with Crippen LogP contribution in [0.2, 0.25) is 0 Å². The van der Waals surface area contributed by atoms with Gasteiger partial charge in [0.05, 0.1) is 12.1 Å². The molecule has 1 saturated heterocycles. The minimum Gasteiger partial charge on any atom is -0.384 e. The molecule has 1 fully saturated rings. The Morgan fingerprint density at radius 2 is 2.18 bits per heavy atom. The summed E-state index contributed by atoms with van der Waals surface area (Å²) in [7, 11) is 0. The average Bonchev–Trinajstić information content (AvgIpc) is 3.25. The van der Waals surface area contributed by atoms with Gasteiger partial charge < -0.3 is 9.67 Å². The maximum Gasteiger partial charge on any atom is 0.124 e. The molecule has 0 radical (unpaired) electrons. The van der Waals surface area contributed by atoms with Crippen molar-refractivity contribution in [2.45, 2.75) is 51.3 Å². The molecule has 1 N–H and O–H groups in total. The summed E-state index contributed by atoms with van der Waals surface area (Å²) in [6.45, 7) is 6.40. The number of aromatic nitrogens is 2. The number of benzene rings is 1. The van der Waals surface area contributed by atoms with Crippen molar-refractivity contribution in [3.05, 3.63) is 64.9 Å². The molecule has 5 rings (SSSR count). The van der Waals surface area contributed by atoms with E-state index in [9.17, 15) is 9.50 Å². The lowest BCUT2D eigenvalue weighted by molar-refractivity contribution is 0.0380. The van der Waals surface area contributed by atoms with Gasteiger partial charge in [-0.3, -0.25) is 9.88 Å². The molecule has 2 aromatic heterocycles. The van der Waals surface area contributed by atoms with Crippen molar-refractivity contribution in [1.82, 2.24) is 14.5 Å². The summed E-state index contributed by atoms with van der Waals surface area (Å²) in [5.41, 5.74) is 4.27. The third kappa shape index (κ3) is 2.68. The van der Waals surface area contributed by atoms with Gasteiger partial charge in [-0.05, 0) is 62.6 Å². The molecule has 0 saturated carbocycles. The first-order valence-corrected chi connectivity index (χ1v) is 10.1. The molecule has 0 spiro atoms. The second-order valence-corrected chi connectivity index (χ2v) is 8.52. The molecule has 1 unspecified atom stereocenters. The molecule has 4 nitrogen and oxygen atoms in total. The number of pyridine rings is 1. The number of rotatable bonds is 3. The first-order chi connectivity index (χ1) is 13.5. The van der Waals surface area contributed by atoms with Crippen molar-refractivity contribution in [1.29, 1.82) is 0 Å². The number of hydrogen-bond acceptors (Lipinski definition) is 3. The first kappa shape index (κ1) is 17.8. The quantitative estimate of drug-likeness (QED) is 0.745. The fourth-order valence-corrected chi connectivity index (χ4v) is 5.30. The Hall–Kier alpha value is -2.24. The van der Waals surface area contributed by atoms with Gasteiger partial charge in [-0.1, -0.05) is 6.07 Å². The Morgan fingerprint density at radius 1 is 1.32 bits per heavy atom. The predicted octanol–water partition coefficient (Wildman–Crippen LogP) is 4.08. The summed E-state index contributed by atoms with van der Waals surface area (Å²) in [5.74, 6) is -0.181. The lowest BCUT2D eigenvalue weighted by Crippen LogP contribution is -2.33. The second-order valence-electron chi connectivity index (χ2n) is 8.52. The Balaban J connectivity index is 1.71. The lowest BCUT2D eigenvalue weighted by Gasteiger charge is -2.32. The fourth-order valence-electron chi connectivity index (χ4n) is 5.30. The van der Waals surface area contributed by atoms with E-state index in [2.05, 4.69) is 14.5 Å². The molecule has 28 heavy (non-hydrogen) atoms.